The topological polar surface area (TPSA) is 105 Å². The van der Waals surface area contributed by atoms with E-state index in [4.69, 9.17) is 23.7 Å². The van der Waals surface area contributed by atoms with Crippen LogP contribution in [0.15, 0.2) is 48.5 Å². The van der Waals surface area contributed by atoms with E-state index < -0.39 is 11.8 Å². The molecule has 5 rings (SSSR count). The molecule has 1 aliphatic rings. The van der Waals surface area contributed by atoms with Crippen LogP contribution in [0.25, 0.3) is 10.9 Å². The van der Waals surface area contributed by atoms with Gasteiger partial charge in [0, 0.05) is 43.7 Å². The van der Waals surface area contributed by atoms with Crippen LogP contribution in [0.5, 0.6) is 23.0 Å². The number of piperazine rings is 1. The van der Waals surface area contributed by atoms with Crippen LogP contribution < -0.4 is 18.9 Å². The number of esters is 1. The Balaban J connectivity index is 1.48. The third kappa shape index (κ3) is 6.63. The van der Waals surface area contributed by atoms with Crippen LogP contribution in [0, 0.1) is 11.8 Å². The zero-order chi connectivity index (χ0) is 32.8. The van der Waals surface area contributed by atoms with Gasteiger partial charge in [-0.05, 0) is 55.9 Å². The second-order valence-electron chi connectivity index (χ2n) is 10.8. The number of methoxy groups -OCH3 is 4. The number of carbonyl (C=O) groups excluding carboxylic acids is 2. The highest BCUT2D eigenvalue weighted by molar-refractivity contribution is 6.16. The first kappa shape index (κ1) is 32.3. The highest BCUT2D eigenvalue weighted by Gasteiger charge is 2.26. The number of likely N-dealkylation sites (N-methyl/N-ethyl adjacent to an activating group) is 1. The van der Waals surface area contributed by atoms with Crippen molar-refractivity contribution in [3.63, 3.8) is 0 Å². The molecular formula is C35H38N4O7. The number of hydrogen-bond acceptors (Lipinski definition) is 10. The summed E-state index contributed by atoms with van der Waals surface area (Å²) in [5.74, 6) is 6.59. The third-order valence-electron chi connectivity index (χ3n) is 7.97. The predicted molar refractivity (Wildman–Crippen MR) is 173 cm³/mol. The lowest BCUT2D eigenvalue weighted by atomic mass is 10.0. The van der Waals surface area contributed by atoms with Gasteiger partial charge in [-0.2, -0.15) is 5.10 Å². The maximum Gasteiger partial charge on any atom is 0.339 e. The molecule has 4 aromatic rings. The molecule has 3 aromatic carbocycles. The molecule has 2 heterocycles. The van der Waals surface area contributed by atoms with E-state index in [0.717, 1.165) is 38.3 Å². The van der Waals surface area contributed by atoms with Gasteiger partial charge in [-0.15, -0.1) is 5.92 Å². The Labute approximate surface area is 268 Å². The lowest BCUT2D eigenvalue weighted by molar-refractivity contribution is 0.0357. The van der Waals surface area contributed by atoms with Gasteiger partial charge in [0.05, 0.1) is 45.1 Å². The van der Waals surface area contributed by atoms with Gasteiger partial charge in [-0.3, -0.25) is 9.69 Å². The van der Waals surface area contributed by atoms with E-state index in [1.54, 1.807) is 44.4 Å². The van der Waals surface area contributed by atoms with Gasteiger partial charge in [0.2, 0.25) is 11.5 Å². The Morgan fingerprint density at radius 2 is 1.54 bits per heavy atom. The number of nitrogens with zero attached hydrogens (tertiary/aromatic N) is 4. The summed E-state index contributed by atoms with van der Waals surface area (Å²) < 4.78 is 29.2. The number of hydrogen-bond donors (Lipinski definition) is 0. The lowest BCUT2D eigenvalue weighted by Gasteiger charge is -2.32. The van der Waals surface area contributed by atoms with Gasteiger partial charge in [0.25, 0.3) is 0 Å². The standard InChI is InChI=1S/C35H38N4O7/c1-7-9-26-28(42-3)13-12-27-31(33(40)25-19-29(43-4)34(45-6)30(20-25)44-5)36-39(32(26)27)22-46-35(41)24-11-8-10-23(18-24)21-38-16-14-37(2)15-17-38/h8,10-13,18-20H,14-17,21-22H2,1-6H3. The van der Waals surface area contributed by atoms with Crippen molar-refractivity contribution in [3.8, 4) is 34.8 Å². The molecular weight excluding hydrogens is 588 g/mol. The normalized spacial score (nSPS) is 13.5. The number of benzene rings is 3. The van der Waals surface area contributed by atoms with Crippen LogP contribution in [-0.2, 0) is 18.0 Å². The van der Waals surface area contributed by atoms with E-state index in [1.807, 2.05) is 18.2 Å². The highest BCUT2D eigenvalue weighted by Crippen LogP contribution is 2.39. The monoisotopic (exact) mass is 626 g/mol. The van der Waals surface area contributed by atoms with Crippen molar-refractivity contribution in [3.05, 3.63) is 76.5 Å². The number of aromatic nitrogens is 2. The first-order valence-electron chi connectivity index (χ1n) is 14.8. The molecule has 11 nitrogen and oxygen atoms in total. The Morgan fingerprint density at radius 1 is 0.848 bits per heavy atom. The number of ether oxygens (including phenoxy) is 5. The molecule has 1 aliphatic heterocycles. The maximum atomic E-state index is 14.0. The molecule has 0 atom stereocenters. The average molecular weight is 627 g/mol. The molecule has 0 N–H and O–H groups in total. The van der Waals surface area contributed by atoms with Crippen molar-refractivity contribution in [2.75, 3.05) is 61.7 Å². The molecule has 0 amide bonds. The molecule has 0 aliphatic carbocycles. The summed E-state index contributed by atoms with van der Waals surface area (Å²) in [7, 11) is 8.12. The van der Waals surface area contributed by atoms with Crippen molar-refractivity contribution in [1.82, 2.24) is 19.6 Å². The zero-order valence-electron chi connectivity index (χ0n) is 27.0. The van der Waals surface area contributed by atoms with Crippen molar-refractivity contribution in [2.45, 2.75) is 20.2 Å². The van der Waals surface area contributed by atoms with Crippen LogP contribution in [0.3, 0.4) is 0 Å². The molecule has 240 valence electrons. The van der Waals surface area contributed by atoms with E-state index >= 15 is 0 Å². The fourth-order valence-electron chi connectivity index (χ4n) is 5.55. The van der Waals surface area contributed by atoms with Gasteiger partial charge < -0.3 is 28.6 Å². The molecule has 0 unspecified atom stereocenters. The van der Waals surface area contributed by atoms with Crippen LogP contribution in [0.1, 0.15) is 44.5 Å². The molecule has 46 heavy (non-hydrogen) atoms. The molecule has 1 fully saturated rings. The molecule has 0 saturated carbocycles. The Kier molecular flexibility index (Phi) is 10.1. The van der Waals surface area contributed by atoms with E-state index in [2.05, 4.69) is 33.8 Å². The third-order valence-corrected chi connectivity index (χ3v) is 7.97. The van der Waals surface area contributed by atoms with Crippen LogP contribution in [-0.4, -0.2) is 93.0 Å². The van der Waals surface area contributed by atoms with Crippen molar-refractivity contribution >= 4 is 22.7 Å². The van der Waals surface area contributed by atoms with Gasteiger partial charge >= 0.3 is 5.97 Å². The zero-order valence-corrected chi connectivity index (χ0v) is 27.0. The largest absolute Gasteiger partial charge is 0.495 e. The van der Waals surface area contributed by atoms with Gasteiger partial charge in [-0.1, -0.05) is 18.1 Å². The second kappa shape index (κ2) is 14.4. The SMILES string of the molecule is CC#Cc1c(OC)ccc2c(C(=O)c3cc(OC)c(OC)c(OC)c3)nn(COC(=O)c3cccc(CN4CCN(C)CC4)c3)c12. The average Bonchev–Trinajstić information content (AvgIpc) is 3.46. The minimum atomic E-state index is -0.507. The van der Waals surface area contributed by atoms with Crippen LogP contribution >= 0.6 is 0 Å². The van der Waals surface area contributed by atoms with Crippen molar-refractivity contribution in [2.24, 2.45) is 0 Å². The van der Waals surface area contributed by atoms with E-state index in [0.29, 0.717) is 45.0 Å². The molecule has 1 aromatic heterocycles. The number of rotatable bonds is 11. The molecule has 11 heteroatoms. The second-order valence-corrected chi connectivity index (χ2v) is 10.8. The summed E-state index contributed by atoms with van der Waals surface area (Å²) in [4.78, 5) is 32.0. The van der Waals surface area contributed by atoms with E-state index in [9.17, 15) is 9.59 Å². The van der Waals surface area contributed by atoms with E-state index in [1.165, 1.54) is 26.0 Å². The van der Waals surface area contributed by atoms with E-state index in [-0.39, 0.29) is 18.0 Å². The van der Waals surface area contributed by atoms with Crippen LogP contribution in [0.2, 0.25) is 0 Å². The summed E-state index contributed by atoms with van der Waals surface area (Å²) in [5.41, 5.74) is 2.89. The quantitative estimate of drug-likeness (QED) is 0.136. The Morgan fingerprint density at radius 3 is 2.17 bits per heavy atom. The Hall–Kier alpha value is -5.05. The lowest BCUT2D eigenvalue weighted by Crippen LogP contribution is -2.43. The number of carbonyl (C=O) groups is 2. The fraction of sp³-hybridized carbons (Fsp3) is 0.343. The fourth-order valence-corrected chi connectivity index (χ4v) is 5.55. The summed E-state index contributed by atoms with van der Waals surface area (Å²) in [6.07, 6.45) is 0. The van der Waals surface area contributed by atoms with Crippen LogP contribution in [0.4, 0.5) is 0 Å². The van der Waals surface area contributed by atoms with Gasteiger partial charge in [0.1, 0.15) is 11.4 Å². The summed E-state index contributed by atoms with van der Waals surface area (Å²) >= 11 is 0. The van der Waals surface area contributed by atoms with Crippen molar-refractivity contribution in [1.29, 1.82) is 0 Å². The summed E-state index contributed by atoms with van der Waals surface area (Å²) in [5, 5.41) is 5.16. The van der Waals surface area contributed by atoms with Gasteiger partial charge in [-0.25, -0.2) is 9.48 Å². The first-order valence-corrected chi connectivity index (χ1v) is 14.8. The predicted octanol–water partition coefficient (Wildman–Crippen LogP) is 4.24. The minimum Gasteiger partial charge on any atom is -0.495 e. The number of fused-ring (bicyclic) bond motifs is 1. The smallest absolute Gasteiger partial charge is 0.339 e. The first-order chi connectivity index (χ1) is 22.3. The number of ketones is 1. The molecule has 0 radical (unpaired) electrons. The molecule has 0 spiro atoms. The maximum absolute atomic E-state index is 14.0. The summed E-state index contributed by atoms with van der Waals surface area (Å²) in [6, 6.07) is 14.1. The summed E-state index contributed by atoms with van der Waals surface area (Å²) in [6.45, 7) is 6.17. The highest BCUT2D eigenvalue weighted by atomic mass is 16.5. The Bertz CT molecular complexity index is 1790. The van der Waals surface area contributed by atoms with Crippen molar-refractivity contribution < 1.29 is 33.3 Å². The van der Waals surface area contributed by atoms with Gasteiger partial charge in [0.15, 0.2) is 18.2 Å². The molecule has 1 saturated heterocycles. The molecule has 0 bridgehead atoms. The minimum absolute atomic E-state index is 0.135.